The molecular formula is C8H7IN2S. The van der Waals surface area contributed by atoms with Crippen LogP contribution in [-0.4, -0.2) is 4.37 Å². The molecule has 12 heavy (non-hydrogen) atoms. The van der Waals surface area contributed by atoms with E-state index in [1.165, 1.54) is 25.4 Å². The van der Waals surface area contributed by atoms with Crippen LogP contribution in [0.3, 0.4) is 0 Å². The van der Waals surface area contributed by atoms with Gasteiger partial charge in [-0.05, 0) is 52.7 Å². The summed E-state index contributed by atoms with van der Waals surface area (Å²) in [6.07, 6.45) is 0. The zero-order valence-corrected chi connectivity index (χ0v) is 9.44. The van der Waals surface area contributed by atoms with E-state index in [0.717, 1.165) is 5.39 Å². The normalized spacial score (nSPS) is 10.8. The fraction of sp³-hybridized carbons (Fsp3) is 0.125. The van der Waals surface area contributed by atoms with Crippen LogP contribution in [0.25, 0.3) is 10.1 Å². The van der Waals surface area contributed by atoms with E-state index in [1.54, 1.807) is 0 Å². The number of aryl methyl sites for hydroxylation is 1. The molecule has 0 spiro atoms. The molecule has 1 aromatic carbocycles. The van der Waals surface area contributed by atoms with Crippen molar-refractivity contribution in [1.29, 1.82) is 0 Å². The second kappa shape index (κ2) is 2.85. The maximum absolute atomic E-state index is 5.69. The lowest BCUT2D eigenvalue weighted by Gasteiger charge is -1.97. The molecule has 0 fully saturated rings. The lowest BCUT2D eigenvalue weighted by Crippen LogP contribution is -1.84. The van der Waals surface area contributed by atoms with Crippen LogP contribution in [0, 0.1) is 10.5 Å². The van der Waals surface area contributed by atoms with Gasteiger partial charge in [-0.3, -0.25) is 0 Å². The first-order valence-electron chi connectivity index (χ1n) is 3.50. The quantitative estimate of drug-likeness (QED) is 0.758. The Morgan fingerprint density at radius 3 is 3.00 bits per heavy atom. The van der Waals surface area contributed by atoms with Crippen LogP contribution < -0.4 is 5.73 Å². The van der Waals surface area contributed by atoms with E-state index in [1.807, 2.05) is 6.07 Å². The van der Waals surface area contributed by atoms with Crippen molar-refractivity contribution in [1.82, 2.24) is 4.37 Å². The van der Waals surface area contributed by atoms with Crippen LogP contribution in [0.4, 0.5) is 5.82 Å². The van der Waals surface area contributed by atoms with Gasteiger partial charge in [-0.25, -0.2) is 0 Å². The number of nitrogens with zero attached hydrogens (tertiary/aromatic N) is 1. The third-order valence-corrected chi connectivity index (χ3v) is 4.45. The molecule has 0 saturated heterocycles. The molecule has 2 rings (SSSR count). The molecule has 0 saturated carbocycles. The van der Waals surface area contributed by atoms with Crippen molar-refractivity contribution >= 4 is 50.0 Å². The fourth-order valence-electron chi connectivity index (χ4n) is 1.09. The summed E-state index contributed by atoms with van der Waals surface area (Å²) in [4.78, 5) is 0. The van der Waals surface area contributed by atoms with Crippen molar-refractivity contribution in [3.05, 3.63) is 21.3 Å². The molecule has 0 bridgehead atoms. The van der Waals surface area contributed by atoms with Crippen molar-refractivity contribution < 1.29 is 0 Å². The first kappa shape index (κ1) is 8.25. The summed E-state index contributed by atoms with van der Waals surface area (Å²) < 4.78 is 6.58. The third kappa shape index (κ3) is 1.09. The van der Waals surface area contributed by atoms with Crippen molar-refractivity contribution in [2.24, 2.45) is 0 Å². The van der Waals surface area contributed by atoms with Crippen molar-refractivity contribution in [3.63, 3.8) is 0 Å². The van der Waals surface area contributed by atoms with Gasteiger partial charge in [0.15, 0.2) is 0 Å². The third-order valence-electron chi connectivity index (χ3n) is 1.80. The van der Waals surface area contributed by atoms with Crippen molar-refractivity contribution in [3.8, 4) is 0 Å². The number of rotatable bonds is 0. The number of hydrogen-bond donors (Lipinski definition) is 1. The highest BCUT2D eigenvalue weighted by atomic mass is 127. The summed E-state index contributed by atoms with van der Waals surface area (Å²) in [5.41, 5.74) is 6.98. The number of anilines is 1. The molecule has 4 heteroatoms. The van der Waals surface area contributed by atoms with Gasteiger partial charge in [0.05, 0.1) is 4.70 Å². The Kier molecular flexibility index (Phi) is 1.96. The number of nitrogen functional groups attached to an aromatic ring is 1. The molecule has 0 radical (unpaired) electrons. The molecule has 62 valence electrons. The van der Waals surface area contributed by atoms with Crippen molar-refractivity contribution in [2.75, 3.05) is 5.73 Å². The number of aromatic nitrogens is 1. The van der Waals surface area contributed by atoms with Gasteiger partial charge >= 0.3 is 0 Å². The molecule has 1 aromatic heterocycles. The first-order valence-corrected chi connectivity index (χ1v) is 5.35. The Morgan fingerprint density at radius 1 is 1.50 bits per heavy atom. The summed E-state index contributed by atoms with van der Waals surface area (Å²) in [5.74, 6) is 0.646. The summed E-state index contributed by atoms with van der Waals surface area (Å²) >= 11 is 3.80. The average Bonchev–Trinajstić information content (AvgIpc) is 2.41. The second-order valence-corrected chi connectivity index (χ2v) is 4.49. The lowest BCUT2D eigenvalue weighted by molar-refractivity contribution is 1.48. The van der Waals surface area contributed by atoms with E-state index in [4.69, 9.17) is 5.73 Å². The highest BCUT2D eigenvalue weighted by molar-refractivity contribution is 14.1. The smallest absolute Gasteiger partial charge is 0.145 e. The molecule has 0 aliphatic heterocycles. The SMILES string of the molecule is Cc1ccc2c(N)nsc2c1I. The minimum atomic E-state index is 0.646. The number of halogens is 1. The zero-order valence-electron chi connectivity index (χ0n) is 6.47. The van der Waals surface area contributed by atoms with E-state index >= 15 is 0 Å². The van der Waals surface area contributed by atoms with Crippen LogP contribution >= 0.6 is 34.1 Å². The van der Waals surface area contributed by atoms with Gasteiger partial charge in [0.1, 0.15) is 5.82 Å². The molecule has 1 heterocycles. The predicted octanol–water partition coefficient (Wildman–Crippen LogP) is 2.79. The summed E-state index contributed by atoms with van der Waals surface area (Å²) in [6.45, 7) is 2.09. The molecule has 0 aliphatic rings. The van der Waals surface area contributed by atoms with Crippen LogP contribution in [0.5, 0.6) is 0 Å². The Bertz CT molecular complexity index is 436. The summed E-state index contributed by atoms with van der Waals surface area (Å²) in [7, 11) is 0. The monoisotopic (exact) mass is 290 g/mol. The minimum Gasteiger partial charge on any atom is -0.382 e. The van der Waals surface area contributed by atoms with Crippen LogP contribution in [0.2, 0.25) is 0 Å². The lowest BCUT2D eigenvalue weighted by atomic mass is 10.2. The zero-order chi connectivity index (χ0) is 8.72. The van der Waals surface area contributed by atoms with Gasteiger partial charge in [0.2, 0.25) is 0 Å². The molecule has 2 N–H and O–H groups in total. The highest BCUT2D eigenvalue weighted by Crippen LogP contribution is 2.30. The fourth-order valence-corrected chi connectivity index (χ4v) is 2.66. The van der Waals surface area contributed by atoms with Gasteiger partial charge in [-0.2, -0.15) is 4.37 Å². The predicted molar refractivity (Wildman–Crippen MR) is 61.5 cm³/mol. The van der Waals surface area contributed by atoms with E-state index in [-0.39, 0.29) is 0 Å². The van der Waals surface area contributed by atoms with Gasteiger partial charge < -0.3 is 5.73 Å². The molecule has 2 nitrogen and oxygen atoms in total. The van der Waals surface area contributed by atoms with Crippen LogP contribution in [0.15, 0.2) is 12.1 Å². The Morgan fingerprint density at radius 2 is 2.25 bits per heavy atom. The number of fused-ring (bicyclic) bond motifs is 1. The van der Waals surface area contributed by atoms with Crippen LogP contribution in [-0.2, 0) is 0 Å². The number of hydrogen-bond acceptors (Lipinski definition) is 3. The molecule has 0 amide bonds. The van der Waals surface area contributed by atoms with Gasteiger partial charge in [0, 0.05) is 8.96 Å². The minimum absolute atomic E-state index is 0.646. The van der Waals surface area contributed by atoms with Gasteiger partial charge in [0.25, 0.3) is 0 Å². The Balaban J connectivity index is 2.93. The van der Waals surface area contributed by atoms with Gasteiger partial charge in [-0.1, -0.05) is 6.07 Å². The molecule has 0 aliphatic carbocycles. The summed E-state index contributed by atoms with van der Waals surface area (Å²) in [5, 5.41) is 1.08. The van der Waals surface area contributed by atoms with E-state index < -0.39 is 0 Å². The highest BCUT2D eigenvalue weighted by Gasteiger charge is 2.06. The Hall–Kier alpha value is -0.360. The molecule has 0 unspecified atom stereocenters. The number of nitrogens with two attached hydrogens (primary N) is 1. The summed E-state index contributed by atoms with van der Waals surface area (Å²) in [6, 6.07) is 4.11. The maximum Gasteiger partial charge on any atom is 0.145 e. The number of benzene rings is 1. The first-order chi connectivity index (χ1) is 5.70. The average molecular weight is 290 g/mol. The molecular weight excluding hydrogens is 283 g/mol. The second-order valence-electron chi connectivity index (χ2n) is 2.64. The van der Waals surface area contributed by atoms with Crippen LogP contribution in [0.1, 0.15) is 5.56 Å². The topological polar surface area (TPSA) is 38.9 Å². The van der Waals surface area contributed by atoms with E-state index in [0.29, 0.717) is 5.82 Å². The maximum atomic E-state index is 5.69. The van der Waals surface area contributed by atoms with Gasteiger partial charge in [-0.15, -0.1) is 0 Å². The van der Waals surface area contributed by atoms with E-state index in [9.17, 15) is 0 Å². The molecule has 0 atom stereocenters. The standard InChI is InChI=1S/C8H7IN2S/c1-4-2-3-5-7(6(4)9)12-11-8(5)10/h2-3H,1H3,(H2,10,11). The van der Waals surface area contributed by atoms with E-state index in [2.05, 4.69) is 40.0 Å². The van der Waals surface area contributed by atoms with Crippen molar-refractivity contribution in [2.45, 2.75) is 6.92 Å². The molecule has 2 aromatic rings. The largest absolute Gasteiger partial charge is 0.382 e. The Labute approximate surface area is 88.1 Å².